The van der Waals surface area contributed by atoms with Gasteiger partial charge >= 0.3 is 6.36 Å². The van der Waals surface area contributed by atoms with E-state index in [0.29, 0.717) is 9.26 Å². The van der Waals surface area contributed by atoms with E-state index in [1.54, 1.807) is 6.92 Å². The first-order chi connectivity index (χ1) is 6.83. The first kappa shape index (κ1) is 12.5. The summed E-state index contributed by atoms with van der Waals surface area (Å²) in [6.45, 7) is 1.90. The lowest BCUT2D eigenvalue weighted by atomic mass is 10.2. The van der Waals surface area contributed by atoms with E-state index in [1.165, 1.54) is 6.07 Å². The van der Waals surface area contributed by atoms with E-state index in [9.17, 15) is 13.2 Å². The Kier molecular flexibility index (Phi) is 3.77. The van der Waals surface area contributed by atoms with Crippen LogP contribution in [0, 0.1) is 10.6 Å². The van der Waals surface area contributed by atoms with Gasteiger partial charge in [-0.25, -0.2) is 4.98 Å². The van der Waals surface area contributed by atoms with Gasteiger partial charge in [-0.3, -0.25) is 0 Å². The van der Waals surface area contributed by atoms with Gasteiger partial charge in [0.1, 0.15) is 3.70 Å². The molecule has 0 saturated carbocycles. The van der Waals surface area contributed by atoms with E-state index in [4.69, 9.17) is 5.73 Å². The fourth-order valence-electron chi connectivity index (χ4n) is 1.05. The highest BCUT2D eigenvalue weighted by atomic mass is 127. The van der Waals surface area contributed by atoms with Crippen LogP contribution in [0.1, 0.15) is 11.1 Å². The smallest absolute Gasteiger partial charge is 0.388 e. The predicted molar refractivity (Wildman–Crippen MR) is 56.3 cm³/mol. The summed E-state index contributed by atoms with van der Waals surface area (Å²) in [6.07, 6.45) is -4.72. The van der Waals surface area contributed by atoms with E-state index in [0.717, 1.165) is 5.56 Å². The topological polar surface area (TPSA) is 48.1 Å². The van der Waals surface area contributed by atoms with Crippen LogP contribution in [0.4, 0.5) is 13.2 Å². The molecule has 1 heterocycles. The number of halogens is 4. The minimum atomic E-state index is -4.72. The first-order valence-electron chi connectivity index (χ1n) is 3.95. The van der Waals surface area contributed by atoms with Gasteiger partial charge in [-0.15, -0.1) is 13.2 Å². The number of ether oxygens (including phenoxy) is 1. The predicted octanol–water partition coefficient (Wildman–Crippen LogP) is 2.35. The van der Waals surface area contributed by atoms with Crippen molar-refractivity contribution in [3.8, 4) is 5.88 Å². The van der Waals surface area contributed by atoms with E-state index in [1.807, 2.05) is 22.6 Å². The molecule has 0 aromatic carbocycles. The maximum absolute atomic E-state index is 11.9. The molecule has 84 valence electrons. The van der Waals surface area contributed by atoms with E-state index < -0.39 is 12.2 Å². The first-order valence-corrected chi connectivity index (χ1v) is 5.03. The van der Waals surface area contributed by atoms with Gasteiger partial charge in [-0.2, -0.15) is 0 Å². The maximum atomic E-state index is 11.9. The Balaban J connectivity index is 3.04. The second-order valence-electron chi connectivity index (χ2n) is 2.80. The molecule has 2 N–H and O–H groups in total. The normalized spacial score (nSPS) is 11.6. The van der Waals surface area contributed by atoms with E-state index >= 15 is 0 Å². The van der Waals surface area contributed by atoms with Crippen LogP contribution >= 0.6 is 22.6 Å². The van der Waals surface area contributed by atoms with Crippen LogP contribution in [-0.2, 0) is 6.54 Å². The quantitative estimate of drug-likeness (QED) is 0.668. The summed E-state index contributed by atoms with van der Waals surface area (Å²) in [6, 6.07) is 1.22. The third-order valence-corrected chi connectivity index (χ3v) is 2.59. The summed E-state index contributed by atoms with van der Waals surface area (Å²) in [5, 5.41) is 0. The van der Waals surface area contributed by atoms with Gasteiger partial charge in [0.05, 0.1) is 0 Å². The standard InChI is InChI=1S/C8H8F3IN2O/c1-4-2-6(15-8(9,10)11)14-7(12)5(4)3-13/h2H,3,13H2,1H3. The number of nitrogens with zero attached hydrogens (tertiary/aromatic N) is 1. The fraction of sp³-hybridized carbons (Fsp3) is 0.375. The second-order valence-corrected chi connectivity index (χ2v) is 3.82. The Morgan fingerprint density at radius 3 is 2.53 bits per heavy atom. The van der Waals surface area contributed by atoms with E-state index in [2.05, 4.69) is 9.72 Å². The zero-order valence-electron chi connectivity index (χ0n) is 7.73. The number of alkyl halides is 3. The maximum Gasteiger partial charge on any atom is 0.574 e. The minimum absolute atomic E-state index is 0.239. The van der Waals surface area contributed by atoms with Gasteiger partial charge in [-0.05, 0) is 35.1 Å². The molecule has 0 aliphatic carbocycles. The van der Waals surface area contributed by atoms with Crippen LogP contribution in [0.3, 0.4) is 0 Å². The lowest BCUT2D eigenvalue weighted by molar-refractivity contribution is -0.276. The molecule has 0 radical (unpaired) electrons. The van der Waals surface area contributed by atoms with Crippen LogP contribution in [0.15, 0.2) is 6.07 Å². The molecule has 0 aliphatic heterocycles. The van der Waals surface area contributed by atoms with Crippen LogP contribution in [0.5, 0.6) is 5.88 Å². The third kappa shape index (κ3) is 3.49. The molecule has 3 nitrogen and oxygen atoms in total. The molecule has 1 aromatic heterocycles. The zero-order chi connectivity index (χ0) is 11.6. The van der Waals surface area contributed by atoms with Crippen molar-refractivity contribution < 1.29 is 17.9 Å². The molecule has 0 aliphatic rings. The second kappa shape index (κ2) is 4.52. The lowest BCUT2D eigenvalue weighted by Crippen LogP contribution is -2.18. The van der Waals surface area contributed by atoms with Crippen molar-refractivity contribution in [1.82, 2.24) is 4.98 Å². The van der Waals surface area contributed by atoms with Crippen molar-refractivity contribution in [3.05, 3.63) is 20.9 Å². The van der Waals surface area contributed by atoms with Crippen molar-refractivity contribution in [2.45, 2.75) is 19.8 Å². The minimum Gasteiger partial charge on any atom is -0.388 e. The highest BCUT2D eigenvalue weighted by molar-refractivity contribution is 14.1. The van der Waals surface area contributed by atoms with Gasteiger partial charge < -0.3 is 10.5 Å². The molecule has 7 heteroatoms. The van der Waals surface area contributed by atoms with Gasteiger partial charge in [0.25, 0.3) is 0 Å². The highest BCUT2D eigenvalue weighted by Crippen LogP contribution is 2.24. The Hall–Kier alpha value is -0.570. The number of pyridine rings is 1. The van der Waals surface area contributed by atoms with Gasteiger partial charge in [0.15, 0.2) is 0 Å². The average molecular weight is 332 g/mol. The van der Waals surface area contributed by atoms with Gasteiger partial charge in [-0.1, -0.05) is 0 Å². The van der Waals surface area contributed by atoms with Crippen LogP contribution in [-0.4, -0.2) is 11.3 Å². The zero-order valence-corrected chi connectivity index (χ0v) is 9.89. The molecule has 1 rings (SSSR count). The largest absolute Gasteiger partial charge is 0.574 e. The summed E-state index contributed by atoms with van der Waals surface area (Å²) < 4.78 is 39.8. The summed E-state index contributed by atoms with van der Waals surface area (Å²) in [5.41, 5.74) is 6.78. The molecule has 0 fully saturated rings. The monoisotopic (exact) mass is 332 g/mol. The van der Waals surface area contributed by atoms with Crippen molar-refractivity contribution in [2.24, 2.45) is 5.73 Å². The summed E-state index contributed by atoms with van der Waals surface area (Å²) >= 11 is 1.82. The number of nitrogens with two attached hydrogens (primary N) is 1. The molecule has 0 atom stereocenters. The third-order valence-electron chi connectivity index (χ3n) is 1.70. The molecule has 0 spiro atoms. The molecule has 0 amide bonds. The van der Waals surface area contributed by atoms with Crippen LogP contribution < -0.4 is 10.5 Å². The average Bonchev–Trinajstić information content (AvgIpc) is 1.99. The molecule has 15 heavy (non-hydrogen) atoms. The Morgan fingerprint density at radius 2 is 2.13 bits per heavy atom. The van der Waals surface area contributed by atoms with Crippen LogP contribution in [0.25, 0.3) is 0 Å². The van der Waals surface area contributed by atoms with Crippen molar-refractivity contribution >= 4 is 22.6 Å². The number of hydrogen-bond donors (Lipinski definition) is 1. The van der Waals surface area contributed by atoms with Crippen molar-refractivity contribution in [1.29, 1.82) is 0 Å². The fourth-order valence-corrected chi connectivity index (χ4v) is 1.93. The SMILES string of the molecule is Cc1cc(OC(F)(F)F)nc(I)c1CN. The van der Waals surface area contributed by atoms with E-state index in [-0.39, 0.29) is 6.54 Å². The lowest BCUT2D eigenvalue weighted by Gasteiger charge is -2.11. The van der Waals surface area contributed by atoms with Gasteiger partial charge in [0.2, 0.25) is 5.88 Å². The Labute approximate surface area is 98.0 Å². The number of rotatable bonds is 2. The molecular formula is C8H8F3IN2O. The number of aryl methyl sites for hydroxylation is 1. The van der Waals surface area contributed by atoms with Gasteiger partial charge in [0, 0.05) is 18.2 Å². The Morgan fingerprint density at radius 1 is 1.53 bits per heavy atom. The summed E-state index contributed by atoms with van der Waals surface area (Å²) in [5.74, 6) is -0.457. The molecule has 0 bridgehead atoms. The summed E-state index contributed by atoms with van der Waals surface area (Å²) in [7, 11) is 0. The van der Waals surface area contributed by atoms with Crippen molar-refractivity contribution in [3.63, 3.8) is 0 Å². The molecule has 0 unspecified atom stereocenters. The Bertz CT molecular complexity index is 344. The molecule has 0 saturated heterocycles. The molecular weight excluding hydrogens is 324 g/mol. The number of aromatic nitrogens is 1. The number of hydrogen-bond acceptors (Lipinski definition) is 3. The van der Waals surface area contributed by atoms with Crippen LogP contribution in [0.2, 0.25) is 0 Å². The summed E-state index contributed by atoms with van der Waals surface area (Å²) in [4.78, 5) is 3.65. The van der Waals surface area contributed by atoms with Crippen molar-refractivity contribution in [2.75, 3.05) is 0 Å². The molecule has 1 aromatic rings. The highest BCUT2D eigenvalue weighted by Gasteiger charge is 2.32.